The van der Waals surface area contributed by atoms with E-state index < -0.39 is 0 Å². The lowest BCUT2D eigenvalue weighted by Crippen LogP contribution is -2.31. The highest BCUT2D eigenvalue weighted by Crippen LogP contribution is 2.23. The van der Waals surface area contributed by atoms with Gasteiger partial charge in [0.15, 0.2) is 0 Å². The van der Waals surface area contributed by atoms with Crippen molar-refractivity contribution < 1.29 is 9.53 Å². The molecule has 118 valence electrons. The molecular weight excluding hydrogens is 278 g/mol. The number of benzene rings is 1. The molecule has 0 aliphatic rings. The Labute approximate surface area is 131 Å². The molecule has 1 aromatic carbocycles. The maximum absolute atomic E-state index is 12.9. The van der Waals surface area contributed by atoms with Crippen molar-refractivity contribution in [3.63, 3.8) is 0 Å². The van der Waals surface area contributed by atoms with Crippen molar-refractivity contribution in [3.05, 3.63) is 41.2 Å². The van der Waals surface area contributed by atoms with Crippen LogP contribution in [-0.4, -0.2) is 28.8 Å². The first kappa shape index (κ1) is 16.1. The molecule has 0 N–H and O–H groups in total. The zero-order valence-corrected chi connectivity index (χ0v) is 13.9. The minimum Gasteiger partial charge on any atom is -0.494 e. The summed E-state index contributed by atoms with van der Waals surface area (Å²) in [6, 6.07) is 7.59. The predicted molar refractivity (Wildman–Crippen MR) is 87.6 cm³/mol. The van der Waals surface area contributed by atoms with Crippen LogP contribution in [0.15, 0.2) is 24.3 Å². The molecule has 2 aromatic rings. The van der Waals surface area contributed by atoms with E-state index >= 15 is 0 Å². The third-order valence-corrected chi connectivity index (χ3v) is 3.74. The molecule has 5 heteroatoms. The number of carbonyl (C=O) groups is 1. The van der Waals surface area contributed by atoms with E-state index in [1.165, 1.54) is 0 Å². The molecule has 0 radical (unpaired) electrons. The monoisotopic (exact) mass is 301 g/mol. The number of hydrogen-bond acceptors (Lipinski definition) is 3. The first-order chi connectivity index (χ1) is 10.5. The molecule has 0 atom stereocenters. The van der Waals surface area contributed by atoms with E-state index in [0.29, 0.717) is 18.7 Å². The molecule has 22 heavy (non-hydrogen) atoms. The van der Waals surface area contributed by atoms with Crippen molar-refractivity contribution >= 4 is 11.6 Å². The second kappa shape index (κ2) is 6.64. The Balaban J connectivity index is 2.32. The fourth-order valence-electron chi connectivity index (χ4n) is 2.55. The Morgan fingerprint density at radius 1 is 1.23 bits per heavy atom. The summed E-state index contributed by atoms with van der Waals surface area (Å²) < 4.78 is 7.19. The van der Waals surface area contributed by atoms with Crippen molar-refractivity contribution in [1.29, 1.82) is 0 Å². The van der Waals surface area contributed by atoms with E-state index in [2.05, 4.69) is 5.10 Å². The van der Waals surface area contributed by atoms with Crippen LogP contribution in [0.2, 0.25) is 0 Å². The predicted octanol–water partition coefficient (Wildman–Crippen LogP) is 3.10. The molecule has 0 bridgehead atoms. The molecule has 0 saturated carbocycles. The number of aryl methyl sites for hydroxylation is 2. The third-order valence-electron chi connectivity index (χ3n) is 3.74. The molecular formula is C17H23N3O2. The second-order valence-electron chi connectivity index (χ2n) is 5.15. The zero-order chi connectivity index (χ0) is 16.3. The molecule has 2 rings (SSSR count). The number of amides is 1. The first-order valence-corrected chi connectivity index (χ1v) is 7.54. The van der Waals surface area contributed by atoms with Gasteiger partial charge in [0, 0.05) is 25.0 Å². The largest absolute Gasteiger partial charge is 0.494 e. The van der Waals surface area contributed by atoms with Gasteiger partial charge in [-0.2, -0.15) is 5.10 Å². The lowest BCUT2D eigenvalue weighted by Gasteiger charge is -2.21. The van der Waals surface area contributed by atoms with Gasteiger partial charge in [-0.15, -0.1) is 0 Å². The average molecular weight is 301 g/mol. The summed E-state index contributed by atoms with van der Waals surface area (Å²) >= 11 is 0. The number of hydrogen-bond donors (Lipinski definition) is 0. The molecule has 0 aliphatic carbocycles. The highest BCUT2D eigenvalue weighted by Gasteiger charge is 2.23. The smallest absolute Gasteiger partial charge is 0.262 e. The quantitative estimate of drug-likeness (QED) is 0.852. The van der Waals surface area contributed by atoms with Crippen molar-refractivity contribution in [1.82, 2.24) is 9.78 Å². The van der Waals surface area contributed by atoms with Crippen LogP contribution in [0, 0.1) is 13.8 Å². The normalized spacial score (nSPS) is 10.6. The van der Waals surface area contributed by atoms with Crippen LogP contribution in [0.3, 0.4) is 0 Å². The Morgan fingerprint density at radius 3 is 2.32 bits per heavy atom. The van der Waals surface area contributed by atoms with Crippen LogP contribution in [0.4, 0.5) is 5.69 Å². The summed E-state index contributed by atoms with van der Waals surface area (Å²) in [6.07, 6.45) is 0. The molecule has 0 unspecified atom stereocenters. The Morgan fingerprint density at radius 2 is 1.86 bits per heavy atom. The van der Waals surface area contributed by atoms with Crippen LogP contribution in [0.1, 0.15) is 35.6 Å². The maximum atomic E-state index is 12.9. The zero-order valence-electron chi connectivity index (χ0n) is 13.9. The van der Waals surface area contributed by atoms with Gasteiger partial charge in [-0.1, -0.05) is 0 Å². The van der Waals surface area contributed by atoms with Crippen LogP contribution >= 0.6 is 0 Å². The topological polar surface area (TPSA) is 47.4 Å². The van der Waals surface area contributed by atoms with Crippen molar-refractivity contribution in [3.8, 4) is 5.75 Å². The van der Waals surface area contributed by atoms with E-state index in [-0.39, 0.29) is 5.91 Å². The van der Waals surface area contributed by atoms with Gasteiger partial charge in [-0.05, 0) is 52.0 Å². The van der Waals surface area contributed by atoms with Crippen LogP contribution in [0.25, 0.3) is 0 Å². The highest BCUT2D eigenvalue weighted by molar-refractivity contribution is 6.07. The lowest BCUT2D eigenvalue weighted by atomic mass is 10.1. The lowest BCUT2D eigenvalue weighted by molar-refractivity contribution is 0.0987. The fourth-order valence-corrected chi connectivity index (χ4v) is 2.55. The van der Waals surface area contributed by atoms with Crippen molar-refractivity contribution in [2.45, 2.75) is 27.7 Å². The van der Waals surface area contributed by atoms with E-state index in [4.69, 9.17) is 4.74 Å². The summed E-state index contributed by atoms with van der Waals surface area (Å²) in [7, 11) is 1.85. The van der Waals surface area contributed by atoms with E-state index in [9.17, 15) is 4.79 Å². The van der Waals surface area contributed by atoms with Crippen molar-refractivity contribution in [2.24, 2.45) is 7.05 Å². The number of rotatable bonds is 5. The summed E-state index contributed by atoms with van der Waals surface area (Å²) in [5, 5.41) is 4.33. The minimum absolute atomic E-state index is 0.0187. The van der Waals surface area contributed by atoms with Gasteiger partial charge in [0.2, 0.25) is 0 Å². The number of anilines is 1. The maximum Gasteiger partial charge on any atom is 0.262 e. The molecule has 5 nitrogen and oxygen atoms in total. The van der Waals surface area contributed by atoms with E-state index in [1.54, 1.807) is 9.58 Å². The summed E-state index contributed by atoms with van der Waals surface area (Å²) in [4.78, 5) is 14.6. The minimum atomic E-state index is -0.0187. The number of aromatic nitrogens is 2. The molecule has 0 fully saturated rings. The average Bonchev–Trinajstić information content (AvgIpc) is 2.75. The summed E-state index contributed by atoms with van der Waals surface area (Å²) in [5.41, 5.74) is 3.18. The summed E-state index contributed by atoms with van der Waals surface area (Å²) in [5.74, 6) is 0.790. The first-order valence-electron chi connectivity index (χ1n) is 7.54. The SMILES string of the molecule is CCOc1ccc(N(CC)C(=O)c2c(C)nn(C)c2C)cc1. The van der Waals surface area contributed by atoms with Crippen LogP contribution in [-0.2, 0) is 7.05 Å². The Kier molecular flexibility index (Phi) is 4.85. The van der Waals surface area contributed by atoms with Crippen LogP contribution < -0.4 is 9.64 Å². The molecule has 1 heterocycles. The molecule has 1 amide bonds. The third kappa shape index (κ3) is 2.98. The van der Waals surface area contributed by atoms with E-state index in [1.807, 2.05) is 59.0 Å². The Hall–Kier alpha value is -2.30. The van der Waals surface area contributed by atoms with Gasteiger partial charge in [-0.25, -0.2) is 0 Å². The van der Waals surface area contributed by atoms with Gasteiger partial charge in [0.1, 0.15) is 5.75 Å². The highest BCUT2D eigenvalue weighted by atomic mass is 16.5. The van der Waals surface area contributed by atoms with Gasteiger partial charge in [-0.3, -0.25) is 9.48 Å². The van der Waals surface area contributed by atoms with Gasteiger partial charge >= 0.3 is 0 Å². The van der Waals surface area contributed by atoms with E-state index in [0.717, 1.165) is 22.8 Å². The van der Waals surface area contributed by atoms with Gasteiger partial charge in [0.25, 0.3) is 5.91 Å². The fraction of sp³-hybridized carbons (Fsp3) is 0.412. The van der Waals surface area contributed by atoms with Crippen LogP contribution in [0.5, 0.6) is 5.75 Å². The van der Waals surface area contributed by atoms with Gasteiger partial charge in [0.05, 0.1) is 17.9 Å². The number of carbonyl (C=O) groups excluding carboxylic acids is 1. The Bertz CT molecular complexity index is 659. The van der Waals surface area contributed by atoms with Crippen molar-refractivity contribution in [2.75, 3.05) is 18.1 Å². The molecule has 1 aromatic heterocycles. The molecule has 0 spiro atoms. The number of ether oxygens (including phenoxy) is 1. The number of nitrogens with zero attached hydrogens (tertiary/aromatic N) is 3. The summed E-state index contributed by atoms with van der Waals surface area (Å²) in [6.45, 7) is 8.93. The molecule has 0 aliphatic heterocycles. The van der Waals surface area contributed by atoms with Gasteiger partial charge < -0.3 is 9.64 Å². The molecule has 0 saturated heterocycles. The second-order valence-corrected chi connectivity index (χ2v) is 5.15. The standard InChI is InChI=1S/C17H23N3O2/c1-6-20(14-8-10-15(11-9-14)22-7-2)17(21)16-12(3)18-19(5)13(16)4/h8-11H,6-7H2,1-5H3.